The molecule has 2 rings (SSSR count). The molecule has 1 aromatic rings. The number of morpholine rings is 1. The van der Waals surface area contributed by atoms with Crippen LogP contribution in [0.25, 0.3) is 0 Å². The van der Waals surface area contributed by atoms with Crippen molar-refractivity contribution in [3.8, 4) is 6.07 Å². The monoisotopic (exact) mass is 338 g/mol. The highest BCUT2D eigenvalue weighted by atomic mass is 32.2. The van der Waals surface area contributed by atoms with Crippen molar-refractivity contribution in [3.05, 3.63) is 29.3 Å². The Kier molecular flexibility index (Phi) is 5.11. The molecule has 0 unspecified atom stereocenters. The maximum Gasteiger partial charge on any atom is 0.244 e. The van der Waals surface area contributed by atoms with Crippen molar-refractivity contribution in [2.75, 3.05) is 26.8 Å². The van der Waals surface area contributed by atoms with Gasteiger partial charge in [-0.1, -0.05) is 12.1 Å². The average molecular weight is 338 g/mol. The van der Waals surface area contributed by atoms with E-state index in [0.717, 1.165) is 0 Å². The normalized spacial score (nSPS) is 21.8. The third kappa shape index (κ3) is 3.72. The fourth-order valence-electron chi connectivity index (χ4n) is 2.84. The van der Waals surface area contributed by atoms with Gasteiger partial charge in [0.1, 0.15) is 11.0 Å². The van der Waals surface area contributed by atoms with Gasteiger partial charge in [0.05, 0.1) is 23.9 Å². The average Bonchev–Trinajstić information content (AvgIpc) is 2.45. The number of hydrogen-bond acceptors (Lipinski definition) is 5. The molecule has 1 fully saturated rings. The Balaban J connectivity index is 2.43. The zero-order valence-electron chi connectivity index (χ0n) is 13.9. The topological polar surface area (TPSA) is 79.6 Å². The summed E-state index contributed by atoms with van der Waals surface area (Å²) in [7, 11) is -2.22. The Morgan fingerprint density at radius 1 is 1.48 bits per heavy atom. The highest BCUT2D eigenvalue weighted by molar-refractivity contribution is 7.89. The molecule has 1 aromatic carbocycles. The van der Waals surface area contributed by atoms with Crippen LogP contribution < -0.4 is 0 Å². The van der Waals surface area contributed by atoms with Gasteiger partial charge in [0.2, 0.25) is 10.0 Å². The number of methoxy groups -OCH3 is 1. The second-order valence-corrected chi connectivity index (χ2v) is 8.22. The molecule has 1 heterocycles. The largest absolute Gasteiger partial charge is 0.382 e. The van der Waals surface area contributed by atoms with E-state index in [9.17, 15) is 13.7 Å². The minimum Gasteiger partial charge on any atom is -0.382 e. The van der Waals surface area contributed by atoms with Crippen molar-refractivity contribution >= 4 is 10.0 Å². The van der Waals surface area contributed by atoms with Crippen molar-refractivity contribution in [1.29, 1.82) is 5.26 Å². The van der Waals surface area contributed by atoms with Crippen LogP contribution in [0.1, 0.15) is 25.0 Å². The summed E-state index contributed by atoms with van der Waals surface area (Å²) in [6, 6.07) is 6.87. The minimum atomic E-state index is -3.77. The first-order valence-corrected chi connectivity index (χ1v) is 8.82. The first-order chi connectivity index (χ1) is 10.7. The van der Waals surface area contributed by atoms with Gasteiger partial charge in [-0.2, -0.15) is 9.57 Å². The van der Waals surface area contributed by atoms with Gasteiger partial charge in [0.25, 0.3) is 0 Å². The number of nitriles is 1. The maximum absolute atomic E-state index is 13.0. The van der Waals surface area contributed by atoms with Crippen LogP contribution >= 0.6 is 0 Å². The number of rotatable bonds is 4. The van der Waals surface area contributed by atoms with Gasteiger partial charge >= 0.3 is 0 Å². The van der Waals surface area contributed by atoms with Gasteiger partial charge in [-0.3, -0.25) is 0 Å². The Bertz CT molecular complexity index is 722. The number of nitrogens with zero attached hydrogens (tertiary/aromatic N) is 2. The van der Waals surface area contributed by atoms with Crippen LogP contribution in [-0.4, -0.2) is 51.2 Å². The highest BCUT2D eigenvalue weighted by Crippen LogP contribution is 2.28. The molecule has 1 saturated heterocycles. The number of benzene rings is 1. The van der Waals surface area contributed by atoms with E-state index in [2.05, 4.69) is 0 Å². The zero-order valence-corrected chi connectivity index (χ0v) is 14.7. The number of sulfonamides is 1. The molecule has 0 aliphatic carbocycles. The van der Waals surface area contributed by atoms with Gasteiger partial charge in [-0.25, -0.2) is 8.42 Å². The first-order valence-electron chi connectivity index (χ1n) is 7.38. The Hall–Kier alpha value is -1.46. The fraction of sp³-hybridized carbons (Fsp3) is 0.562. The standard InChI is InChI=1S/C16H22N2O4S/c1-12-6-5-7-15(14(12)8-17)23(19,20)18-9-13(10-21-4)22-16(2,3)11-18/h5-7,13H,9-11H2,1-4H3/t13-/m1/s1. The van der Waals surface area contributed by atoms with Crippen molar-refractivity contribution in [1.82, 2.24) is 4.31 Å². The molecule has 0 bridgehead atoms. The highest BCUT2D eigenvalue weighted by Gasteiger charge is 2.40. The van der Waals surface area contributed by atoms with Crippen LogP contribution in [0.2, 0.25) is 0 Å². The summed E-state index contributed by atoms with van der Waals surface area (Å²) in [5, 5.41) is 9.32. The van der Waals surface area contributed by atoms with Gasteiger partial charge < -0.3 is 9.47 Å². The summed E-state index contributed by atoms with van der Waals surface area (Å²) >= 11 is 0. The molecule has 7 heteroatoms. The first kappa shape index (κ1) is 17.9. The number of ether oxygens (including phenoxy) is 2. The Morgan fingerprint density at radius 3 is 2.78 bits per heavy atom. The fourth-order valence-corrected chi connectivity index (χ4v) is 4.67. The van der Waals surface area contributed by atoms with Crippen LogP contribution in [0, 0.1) is 18.3 Å². The SMILES string of the molecule is COC[C@H]1CN(S(=O)(=O)c2cccc(C)c2C#N)CC(C)(C)O1. The van der Waals surface area contributed by atoms with E-state index in [4.69, 9.17) is 9.47 Å². The lowest BCUT2D eigenvalue weighted by atomic mass is 10.1. The third-order valence-corrected chi connectivity index (χ3v) is 5.62. The lowest BCUT2D eigenvalue weighted by Gasteiger charge is -2.41. The van der Waals surface area contributed by atoms with Crippen LogP contribution in [0.15, 0.2) is 23.1 Å². The van der Waals surface area contributed by atoms with Gasteiger partial charge in [-0.15, -0.1) is 0 Å². The lowest BCUT2D eigenvalue weighted by Crippen LogP contribution is -2.55. The van der Waals surface area contributed by atoms with E-state index in [-0.39, 0.29) is 29.7 Å². The van der Waals surface area contributed by atoms with Crippen LogP contribution in [-0.2, 0) is 19.5 Å². The molecule has 1 atom stereocenters. The molecule has 126 valence electrons. The molecule has 0 N–H and O–H groups in total. The van der Waals surface area contributed by atoms with Crippen LogP contribution in [0.5, 0.6) is 0 Å². The molecule has 1 aliphatic rings. The van der Waals surface area contributed by atoms with Gasteiger partial charge in [0.15, 0.2) is 0 Å². The van der Waals surface area contributed by atoms with E-state index in [1.165, 1.54) is 10.4 Å². The quantitative estimate of drug-likeness (QED) is 0.834. The molecule has 0 radical (unpaired) electrons. The summed E-state index contributed by atoms with van der Waals surface area (Å²) in [5.41, 5.74) is 0.222. The second kappa shape index (κ2) is 6.57. The molecule has 0 spiro atoms. The summed E-state index contributed by atoms with van der Waals surface area (Å²) in [5.74, 6) is 0. The molecular weight excluding hydrogens is 316 g/mol. The summed E-state index contributed by atoms with van der Waals surface area (Å²) in [6.07, 6.45) is -0.339. The van der Waals surface area contributed by atoms with E-state index in [1.54, 1.807) is 26.2 Å². The molecule has 0 amide bonds. The van der Waals surface area contributed by atoms with Gasteiger partial charge in [0, 0.05) is 20.2 Å². The smallest absolute Gasteiger partial charge is 0.244 e. The van der Waals surface area contributed by atoms with Crippen LogP contribution in [0.4, 0.5) is 0 Å². The molecule has 6 nitrogen and oxygen atoms in total. The maximum atomic E-state index is 13.0. The van der Waals surface area contributed by atoms with Crippen molar-refractivity contribution < 1.29 is 17.9 Å². The van der Waals surface area contributed by atoms with Crippen molar-refractivity contribution in [2.45, 2.75) is 37.4 Å². The predicted octanol–water partition coefficient (Wildman–Crippen LogP) is 1.68. The molecule has 1 aliphatic heterocycles. The predicted molar refractivity (Wildman–Crippen MR) is 85.5 cm³/mol. The minimum absolute atomic E-state index is 0.0499. The molecular formula is C16H22N2O4S. The summed E-state index contributed by atoms with van der Waals surface area (Å²) in [6.45, 7) is 6.17. The summed E-state index contributed by atoms with van der Waals surface area (Å²) < 4.78 is 38.4. The summed E-state index contributed by atoms with van der Waals surface area (Å²) in [4.78, 5) is 0.0499. The molecule has 0 aromatic heterocycles. The van der Waals surface area contributed by atoms with E-state index in [0.29, 0.717) is 12.2 Å². The zero-order chi connectivity index (χ0) is 17.3. The molecule has 23 heavy (non-hydrogen) atoms. The van der Waals surface area contributed by atoms with Crippen LogP contribution in [0.3, 0.4) is 0 Å². The van der Waals surface area contributed by atoms with Crippen molar-refractivity contribution in [3.63, 3.8) is 0 Å². The third-order valence-electron chi connectivity index (χ3n) is 3.77. The second-order valence-electron chi connectivity index (χ2n) is 6.31. The Morgan fingerprint density at radius 2 is 2.17 bits per heavy atom. The molecule has 0 saturated carbocycles. The van der Waals surface area contributed by atoms with Crippen molar-refractivity contribution in [2.24, 2.45) is 0 Å². The lowest BCUT2D eigenvalue weighted by molar-refractivity contribution is -0.135. The Labute approximate surface area is 137 Å². The number of hydrogen-bond donors (Lipinski definition) is 0. The van der Waals surface area contributed by atoms with E-state index < -0.39 is 15.6 Å². The number of aryl methyl sites for hydroxylation is 1. The van der Waals surface area contributed by atoms with E-state index >= 15 is 0 Å². The van der Waals surface area contributed by atoms with Gasteiger partial charge in [-0.05, 0) is 32.4 Å². The van der Waals surface area contributed by atoms with E-state index in [1.807, 2.05) is 19.9 Å².